The predicted molar refractivity (Wildman–Crippen MR) is 44.1 cm³/mol. The molecular weight excluding hydrogens is 140 g/mol. The van der Waals surface area contributed by atoms with Gasteiger partial charge in [-0.2, -0.15) is 0 Å². The molecular formula is C9H14O2. The first-order valence-corrected chi connectivity index (χ1v) is 3.94. The summed E-state index contributed by atoms with van der Waals surface area (Å²) in [5, 5.41) is 8.82. The minimum absolute atomic E-state index is 0.112. The summed E-state index contributed by atoms with van der Waals surface area (Å²) in [6.07, 6.45) is 7.84. The van der Waals surface area contributed by atoms with E-state index in [2.05, 4.69) is 6.08 Å². The fraction of sp³-hybridized carbons (Fsp3) is 0.556. The van der Waals surface area contributed by atoms with Crippen molar-refractivity contribution >= 4 is 0 Å². The van der Waals surface area contributed by atoms with E-state index in [4.69, 9.17) is 9.84 Å². The summed E-state index contributed by atoms with van der Waals surface area (Å²) >= 11 is 0. The van der Waals surface area contributed by atoms with Crippen molar-refractivity contribution in [2.24, 2.45) is 0 Å². The van der Waals surface area contributed by atoms with Crippen molar-refractivity contribution in [3.63, 3.8) is 0 Å². The molecule has 1 N–H and O–H groups in total. The van der Waals surface area contributed by atoms with Crippen LogP contribution < -0.4 is 0 Å². The lowest BCUT2D eigenvalue weighted by molar-refractivity contribution is 0.194. The first-order chi connectivity index (χ1) is 5.33. The maximum Gasteiger partial charge on any atom is 0.113 e. The molecule has 62 valence electrons. The van der Waals surface area contributed by atoms with Gasteiger partial charge in [-0.25, -0.2) is 0 Å². The number of rotatable bonds is 1. The van der Waals surface area contributed by atoms with Crippen LogP contribution in [0.5, 0.6) is 0 Å². The highest BCUT2D eigenvalue weighted by Crippen LogP contribution is 2.10. The van der Waals surface area contributed by atoms with E-state index in [-0.39, 0.29) is 12.7 Å². The van der Waals surface area contributed by atoms with Crippen LogP contribution in [0.3, 0.4) is 0 Å². The van der Waals surface area contributed by atoms with Crippen LogP contribution in [0.15, 0.2) is 24.0 Å². The van der Waals surface area contributed by atoms with Gasteiger partial charge in [0.1, 0.15) is 6.10 Å². The fourth-order valence-corrected chi connectivity index (χ4v) is 0.981. The van der Waals surface area contributed by atoms with Crippen LogP contribution in [0.1, 0.15) is 19.8 Å². The molecule has 0 unspecified atom stereocenters. The van der Waals surface area contributed by atoms with Gasteiger partial charge < -0.3 is 9.84 Å². The van der Waals surface area contributed by atoms with Crippen LogP contribution in [0.4, 0.5) is 0 Å². The van der Waals surface area contributed by atoms with E-state index in [1.165, 1.54) is 0 Å². The third-order valence-electron chi connectivity index (χ3n) is 1.69. The van der Waals surface area contributed by atoms with Crippen molar-refractivity contribution < 1.29 is 9.84 Å². The first kappa shape index (κ1) is 8.34. The van der Waals surface area contributed by atoms with E-state index < -0.39 is 0 Å². The quantitative estimate of drug-likeness (QED) is 0.581. The Hall–Kier alpha value is -0.760. The van der Waals surface area contributed by atoms with Gasteiger partial charge in [0.05, 0.1) is 12.9 Å². The van der Waals surface area contributed by atoms with Crippen molar-refractivity contribution in [1.82, 2.24) is 0 Å². The summed E-state index contributed by atoms with van der Waals surface area (Å²) in [4.78, 5) is 0. The first-order valence-electron chi connectivity index (χ1n) is 3.94. The second-order valence-electron chi connectivity index (χ2n) is 2.74. The van der Waals surface area contributed by atoms with E-state index in [1.807, 2.05) is 13.0 Å². The van der Waals surface area contributed by atoms with Crippen LogP contribution in [0, 0.1) is 0 Å². The van der Waals surface area contributed by atoms with E-state index in [1.54, 1.807) is 6.26 Å². The summed E-state index contributed by atoms with van der Waals surface area (Å²) < 4.78 is 5.28. The smallest absolute Gasteiger partial charge is 0.113 e. The minimum atomic E-state index is 0.112. The lowest BCUT2D eigenvalue weighted by Gasteiger charge is -2.11. The molecule has 0 aromatic rings. The third-order valence-corrected chi connectivity index (χ3v) is 1.69. The number of allylic oxidation sites excluding steroid dienone is 1. The van der Waals surface area contributed by atoms with Gasteiger partial charge in [0.2, 0.25) is 0 Å². The monoisotopic (exact) mass is 154 g/mol. The van der Waals surface area contributed by atoms with Crippen LogP contribution >= 0.6 is 0 Å². The van der Waals surface area contributed by atoms with Crippen molar-refractivity contribution in [2.75, 3.05) is 6.61 Å². The van der Waals surface area contributed by atoms with Gasteiger partial charge >= 0.3 is 0 Å². The highest BCUT2D eigenvalue weighted by atomic mass is 16.5. The Kier molecular flexibility index (Phi) is 3.17. The molecule has 0 saturated carbocycles. The Morgan fingerprint density at radius 1 is 1.73 bits per heavy atom. The summed E-state index contributed by atoms with van der Waals surface area (Å²) in [6.45, 7) is 2.09. The molecule has 0 bridgehead atoms. The highest BCUT2D eigenvalue weighted by Gasteiger charge is 2.00. The molecule has 1 aliphatic heterocycles. The molecule has 0 fully saturated rings. The molecule has 1 atom stereocenters. The zero-order chi connectivity index (χ0) is 8.10. The second-order valence-corrected chi connectivity index (χ2v) is 2.74. The van der Waals surface area contributed by atoms with E-state index in [0.717, 1.165) is 18.4 Å². The molecule has 11 heavy (non-hydrogen) atoms. The molecule has 0 aromatic heterocycles. The molecule has 0 aliphatic carbocycles. The fourth-order valence-electron chi connectivity index (χ4n) is 0.981. The van der Waals surface area contributed by atoms with Crippen molar-refractivity contribution in [1.29, 1.82) is 0 Å². The zero-order valence-electron chi connectivity index (χ0n) is 6.79. The molecule has 1 aliphatic rings. The molecule has 0 saturated heterocycles. The maximum absolute atomic E-state index is 8.82. The van der Waals surface area contributed by atoms with Crippen LogP contribution in [-0.2, 0) is 4.74 Å². The summed E-state index contributed by atoms with van der Waals surface area (Å²) in [6, 6.07) is 0. The molecule has 2 heteroatoms. The highest BCUT2D eigenvalue weighted by molar-refractivity contribution is 5.03. The zero-order valence-corrected chi connectivity index (χ0v) is 6.79. The van der Waals surface area contributed by atoms with E-state index in [0.29, 0.717) is 0 Å². The Bertz CT molecular complexity index is 170. The Balaban J connectivity index is 2.51. The van der Waals surface area contributed by atoms with E-state index >= 15 is 0 Å². The van der Waals surface area contributed by atoms with Crippen molar-refractivity contribution in [2.45, 2.75) is 25.9 Å². The van der Waals surface area contributed by atoms with Crippen molar-refractivity contribution in [3.8, 4) is 0 Å². The van der Waals surface area contributed by atoms with Gasteiger partial charge in [-0.1, -0.05) is 6.08 Å². The van der Waals surface area contributed by atoms with E-state index in [9.17, 15) is 0 Å². The molecule has 0 radical (unpaired) electrons. The largest absolute Gasteiger partial charge is 0.494 e. The van der Waals surface area contributed by atoms with Gasteiger partial charge in [-0.3, -0.25) is 0 Å². The van der Waals surface area contributed by atoms with Crippen molar-refractivity contribution in [3.05, 3.63) is 24.0 Å². The maximum atomic E-state index is 8.82. The number of ether oxygens (including phenoxy) is 1. The summed E-state index contributed by atoms with van der Waals surface area (Å²) in [5.41, 5.74) is 0.973. The molecule has 1 heterocycles. The summed E-state index contributed by atoms with van der Waals surface area (Å²) in [5.74, 6) is 0. The lowest BCUT2D eigenvalue weighted by atomic mass is 10.1. The average Bonchev–Trinajstić information content (AvgIpc) is 1.98. The standard InChI is InChI=1S/C9H14O2/c1-8-4-2-3-5-9(6-10)7-11-8/h2,4,7-8,10H,3,5-6H2,1H3/b4-2-,9-7+/t8-/m1/s1. The molecule has 2 nitrogen and oxygen atoms in total. The minimum Gasteiger partial charge on any atom is -0.494 e. The second kappa shape index (κ2) is 4.19. The predicted octanol–water partition coefficient (Wildman–Crippen LogP) is 1.62. The number of hydrogen-bond acceptors (Lipinski definition) is 2. The topological polar surface area (TPSA) is 29.5 Å². The number of aliphatic hydroxyl groups is 1. The molecule has 1 rings (SSSR count). The molecule has 0 amide bonds. The van der Waals surface area contributed by atoms with Crippen LogP contribution in [-0.4, -0.2) is 17.8 Å². The van der Waals surface area contributed by atoms with Crippen LogP contribution in [0.25, 0.3) is 0 Å². The lowest BCUT2D eigenvalue weighted by Crippen LogP contribution is -2.03. The normalized spacial score (nSPS) is 32.5. The Morgan fingerprint density at radius 2 is 2.55 bits per heavy atom. The summed E-state index contributed by atoms with van der Waals surface area (Å²) in [7, 11) is 0. The average molecular weight is 154 g/mol. The van der Waals surface area contributed by atoms with Gasteiger partial charge in [0, 0.05) is 0 Å². The van der Waals surface area contributed by atoms with Gasteiger partial charge in [0.25, 0.3) is 0 Å². The molecule has 0 aromatic carbocycles. The Morgan fingerprint density at radius 3 is 3.27 bits per heavy atom. The van der Waals surface area contributed by atoms with Gasteiger partial charge in [0.15, 0.2) is 0 Å². The Labute approximate surface area is 67.2 Å². The number of aliphatic hydroxyl groups excluding tert-OH is 1. The van der Waals surface area contributed by atoms with Gasteiger partial charge in [-0.05, 0) is 31.4 Å². The van der Waals surface area contributed by atoms with Gasteiger partial charge in [-0.15, -0.1) is 0 Å². The molecule has 0 spiro atoms. The number of hydrogen-bond donors (Lipinski definition) is 1. The van der Waals surface area contributed by atoms with Crippen LogP contribution in [0.2, 0.25) is 0 Å². The SMILES string of the molecule is C[C@@H]1/C=C\CC/C(CO)=C\O1. The third kappa shape index (κ3) is 2.76.